The highest BCUT2D eigenvalue weighted by Gasteiger charge is 2.29. The molecule has 1 N–H and O–H groups in total. The molecule has 1 saturated heterocycles. The first-order valence-electron chi connectivity index (χ1n) is 6.83. The highest BCUT2D eigenvalue weighted by atomic mass is 15.3. The maximum absolute atomic E-state index is 3.24. The summed E-state index contributed by atoms with van der Waals surface area (Å²) in [5, 5.41) is 3.24. The fourth-order valence-corrected chi connectivity index (χ4v) is 2.52. The number of unbranched alkanes of at least 4 members (excludes halogenated alkanes) is 1. The van der Waals surface area contributed by atoms with E-state index < -0.39 is 0 Å². The first-order chi connectivity index (χ1) is 7.70. The van der Waals surface area contributed by atoms with Crippen LogP contribution in [-0.2, 0) is 0 Å². The molecule has 2 atom stereocenters. The lowest BCUT2D eigenvalue weighted by atomic mass is 10.0. The standard InChI is InChI=1S/C13H29N3/c1-5-6-8-15-10-11-16(9-7-14-4)13(3)12(15)2/h12-14H,5-11H2,1-4H3. The summed E-state index contributed by atoms with van der Waals surface area (Å²) in [6.07, 6.45) is 2.65. The summed E-state index contributed by atoms with van der Waals surface area (Å²) in [6, 6.07) is 1.40. The lowest BCUT2D eigenvalue weighted by molar-refractivity contribution is 0.0361. The first-order valence-corrected chi connectivity index (χ1v) is 6.83. The van der Waals surface area contributed by atoms with Crippen LogP contribution >= 0.6 is 0 Å². The maximum atomic E-state index is 3.24. The second kappa shape index (κ2) is 7.25. The molecular weight excluding hydrogens is 198 g/mol. The number of piperazine rings is 1. The van der Waals surface area contributed by atoms with Crippen LogP contribution in [0.25, 0.3) is 0 Å². The van der Waals surface area contributed by atoms with Crippen LogP contribution < -0.4 is 5.32 Å². The van der Waals surface area contributed by atoms with Crippen molar-refractivity contribution in [1.29, 1.82) is 0 Å². The quantitative estimate of drug-likeness (QED) is 0.740. The Morgan fingerprint density at radius 3 is 2.12 bits per heavy atom. The van der Waals surface area contributed by atoms with Crippen LogP contribution in [0, 0.1) is 0 Å². The van der Waals surface area contributed by atoms with E-state index >= 15 is 0 Å². The Morgan fingerprint density at radius 2 is 1.62 bits per heavy atom. The van der Waals surface area contributed by atoms with Gasteiger partial charge in [0, 0.05) is 38.3 Å². The van der Waals surface area contributed by atoms with Crippen LogP contribution in [0.5, 0.6) is 0 Å². The van der Waals surface area contributed by atoms with Gasteiger partial charge in [-0.25, -0.2) is 0 Å². The molecule has 0 bridgehead atoms. The van der Waals surface area contributed by atoms with Crippen LogP contribution in [0.1, 0.15) is 33.6 Å². The molecule has 1 aliphatic rings. The minimum Gasteiger partial charge on any atom is -0.318 e. The van der Waals surface area contributed by atoms with Crippen molar-refractivity contribution in [3.8, 4) is 0 Å². The highest BCUT2D eigenvalue weighted by Crippen LogP contribution is 2.16. The molecule has 1 rings (SSSR count). The molecule has 0 amide bonds. The van der Waals surface area contributed by atoms with Gasteiger partial charge in [0.1, 0.15) is 0 Å². The number of rotatable bonds is 6. The van der Waals surface area contributed by atoms with Gasteiger partial charge in [0.15, 0.2) is 0 Å². The zero-order valence-corrected chi connectivity index (χ0v) is 11.5. The van der Waals surface area contributed by atoms with Gasteiger partial charge in [0.05, 0.1) is 0 Å². The number of likely N-dealkylation sites (N-methyl/N-ethyl adjacent to an activating group) is 1. The van der Waals surface area contributed by atoms with Gasteiger partial charge >= 0.3 is 0 Å². The third kappa shape index (κ3) is 3.72. The zero-order valence-electron chi connectivity index (χ0n) is 11.5. The molecule has 0 aliphatic carbocycles. The molecule has 1 heterocycles. The maximum Gasteiger partial charge on any atom is 0.0221 e. The molecule has 2 unspecified atom stereocenters. The number of hydrogen-bond acceptors (Lipinski definition) is 3. The largest absolute Gasteiger partial charge is 0.318 e. The molecule has 16 heavy (non-hydrogen) atoms. The molecule has 1 fully saturated rings. The van der Waals surface area contributed by atoms with Gasteiger partial charge in [-0.05, 0) is 33.9 Å². The van der Waals surface area contributed by atoms with Crippen molar-refractivity contribution in [3.63, 3.8) is 0 Å². The van der Waals surface area contributed by atoms with Gasteiger partial charge in [0.25, 0.3) is 0 Å². The Balaban J connectivity index is 2.38. The van der Waals surface area contributed by atoms with Gasteiger partial charge in [0.2, 0.25) is 0 Å². The number of nitrogens with one attached hydrogen (secondary N) is 1. The van der Waals surface area contributed by atoms with E-state index in [0.29, 0.717) is 12.1 Å². The number of nitrogens with zero attached hydrogens (tertiary/aromatic N) is 2. The predicted octanol–water partition coefficient (Wildman–Crippen LogP) is 1.40. The first kappa shape index (κ1) is 13.9. The van der Waals surface area contributed by atoms with E-state index in [9.17, 15) is 0 Å². The summed E-state index contributed by atoms with van der Waals surface area (Å²) < 4.78 is 0. The van der Waals surface area contributed by atoms with Crippen LogP contribution in [0.4, 0.5) is 0 Å². The summed E-state index contributed by atoms with van der Waals surface area (Å²) in [6.45, 7) is 13.1. The lowest BCUT2D eigenvalue weighted by Gasteiger charge is -2.45. The summed E-state index contributed by atoms with van der Waals surface area (Å²) in [5.74, 6) is 0. The Bertz CT molecular complexity index is 164. The molecule has 0 aromatic heterocycles. The molecule has 3 nitrogen and oxygen atoms in total. The molecule has 0 aromatic rings. The van der Waals surface area contributed by atoms with E-state index in [2.05, 4.69) is 35.9 Å². The Labute approximate surface area is 101 Å². The van der Waals surface area contributed by atoms with E-state index in [1.54, 1.807) is 0 Å². The lowest BCUT2D eigenvalue weighted by Crippen LogP contribution is -2.58. The third-order valence-electron chi connectivity index (χ3n) is 3.97. The normalized spacial score (nSPS) is 28.5. The molecule has 1 aliphatic heterocycles. The molecule has 0 aromatic carbocycles. The van der Waals surface area contributed by atoms with Gasteiger partial charge in [-0.2, -0.15) is 0 Å². The second-order valence-electron chi connectivity index (χ2n) is 5.01. The Kier molecular flexibility index (Phi) is 6.32. The van der Waals surface area contributed by atoms with Crippen molar-refractivity contribution in [2.24, 2.45) is 0 Å². The molecule has 96 valence electrons. The second-order valence-corrected chi connectivity index (χ2v) is 5.01. The fourth-order valence-electron chi connectivity index (χ4n) is 2.52. The van der Waals surface area contributed by atoms with E-state index in [1.807, 2.05) is 7.05 Å². The minimum atomic E-state index is 0.693. The monoisotopic (exact) mass is 227 g/mol. The predicted molar refractivity (Wildman–Crippen MR) is 70.9 cm³/mol. The Morgan fingerprint density at radius 1 is 1.06 bits per heavy atom. The topological polar surface area (TPSA) is 18.5 Å². The summed E-state index contributed by atoms with van der Waals surface area (Å²) in [7, 11) is 2.03. The van der Waals surface area contributed by atoms with Gasteiger partial charge in [-0.15, -0.1) is 0 Å². The third-order valence-corrected chi connectivity index (χ3v) is 3.97. The van der Waals surface area contributed by atoms with Crippen LogP contribution in [0.2, 0.25) is 0 Å². The van der Waals surface area contributed by atoms with Crippen LogP contribution in [-0.4, -0.2) is 61.7 Å². The summed E-state index contributed by atoms with van der Waals surface area (Å²) in [4.78, 5) is 5.27. The average Bonchev–Trinajstić information content (AvgIpc) is 2.30. The van der Waals surface area contributed by atoms with E-state index in [1.165, 1.54) is 39.0 Å². The van der Waals surface area contributed by atoms with E-state index in [-0.39, 0.29) is 0 Å². The van der Waals surface area contributed by atoms with Crippen molar-refractivity contribution in [3.05, 3.63) is 0 Å². The average molecular weight is 227 g/mol. The number of hydrogen-bond donors (Lipinski definition) is 1. The van der Waals surface area contributed by atoms with Crippen molar-refractivity contribution in [1.82, 2.24) is 15.1 Å². The van der Waals surface area contributed by atoms with Crippen molar-refractivity contribution < 1.29 is 0 Å². The summed E-state index contributed by atoms with van der Waals surface area (Å²) >= 11 is 0. The van der Waals surface area contributed by atoms with Crippen LogP contribution in [0.15, 0.2) is 0 Å². The summed E-state index contributed by atoms with van der Waals surface area (Å²) in [5.41, 5.74) is 0. The van der Waals surface area contributed by atoms with E-state index in [0.717, 1.165) is 6.54 Å². The molecule has 0 saturated carbocycles. The van der Waals surface area contributed by atoms with E-state index in [4.69, 9.17) is 0 Å². The zero-order chi connectivity index (χ0) is 12.0. The highest BCUT2D eigenvalue weighted by molar-refractivity contribution is 4.86. The van der Waals surface area contributed by atoms with Crippen molar-refractivity contribution in [2.45, 2.75) is 45.7 Å². The minimum absolute atomic E-state index is 0.693. The van der Waals surface area contributed by atoms with Crippen molar-refractivity contribution >= 4 is 0 Å². The smallest absolute Gasteiger partial charge is 0.0221 e. The molecule has 3 heteroatoms. The van der Waals surface area contributed by atoms with Crippen LogP contribution in [0.3, 0.4) is 0 Å². The fraction of sp³-hybridized carbons (Fsp3) is 1.00. The molecular formula is C13H29N3. The van der Waals surface area contributed by atoms with Crippen molar-refractivity contribution in [2.75, 3.05) is 39.8 Å². The van der Waals surface area contributed by atoms with Gasteiger partial charge in [-0.1, -0.05) is 13.3 Å². The molecule has 0 radical (unpaired) electrons. The SMILES string of the molecule is CCCCN1CCN(CCNC)C(C)C1C. The van der Waals surface area contributed by atoms with Gasteiger partial charge < -0.3 is 5.32 Å². The van der Waals surface area contributed by atoms with Gasteiger partial charge in [-0.3, -0.25) is 9.80 Å². The Hall–Kier alpha value is -0.120. The molecule has 0 spiro atoms.